The SMILES string of the molecule is CC(=O)Nc1sc(C)c(C)c1C(=O)O[C@@H](C)c1nnc(-c2cccs2)o1. The third-order valence-electron chi connectivity index (χ3n) is 3.68. The number of aromatic nitrogens is 2. The summed E-state index contributed by atoms with van der Waals surface area (Å²) in [6.07, 6.45) is -0.714. The minimum absolute atomic E-state index is 0.215. The van der Waals surface area contributed by atoms with E-state index in [9.17, 15) is 9.59 Å². The number of hydrogen-bond acceptors (Lipinski definition) is 8. The summed E-state index contributed by atoms with van der Waals surface area (Å²) in [6.45, 7) is 6.76. The van der Waals surface area contributed by atoms with Gasteiger partial charge in [0.15, 0.2) is 6.10 Å². The summed E-state index contributed by atoms with van der Waals surface area (Å²) in [7, 11) is 0. The summed E-state index contributed by atoms with van der Waals surface area (Å²) in [5.41, 5.74) is 1.13. The maximum absolute atomic E-state index is 12.6. The first-order valence-electron chi connectivity index (χ1n) is 7.82. The van der Waals surface area contributed by atoms with E-state index in [-0.39, 0.29) is 11.8 Å². The van der Waals surface area contributed by atoms with Gasteiger partial charge >= 0.3 is 5.97 Å². The lowest BCUT2D eigenvalue weighted by atomic mass is 10.1. The van der Waals surface area contributed by atoms with E-state index >= 15 is 0 Å². The van der Waals surface area contributed by atoms with E-state index in [2.05, 4.69) is 15.5 Å². The fourth-order valence-electron chi connectivity index (χ4n) is 2.29. The zero-order valence-electron chi connectivity index (χ0n) is 14.7. The quantitative estimate of drug-likeness (QED) is 0.650. The lowest BCUT2D eigenvalue weighted by Crippen LogP contribution is -2.14. The molecule has 0 saturated heterocycles. The number of thiophene rings is 2. The molecule has 0 unspecified atom stereocenters. The minimum atomic E-state index is -0.714. The molecule has 0 aliphatic rings. The van der Waals surface area contributed by atoms with Crippen molar-refractivity contribution in [2.45, 2.75) is 33.8 Å². The number of ether oxygens (including phenoxy) is 1. The number of anilines is 1. The molecule has 3 rings (SSSR count). The van der Waals surface area contributed by atoms with Crippen LogP contribution in [0.2, 0.25) is 0 Å². The average molecular weight is 391 g/mol. The van der Waals surface area contributed by atoms with E-state index in [0.717, 1.165) is 15.3 Å². The van der Waals surface area contributed by atoms with Gasteiger partial charge in [-0.3, -0.25) is 4.79 Å². The van der Waals surface area contributed by atoms with Crippen molar-refractivity contribution >= 4 is 39.6 Å². The molecular weight excluding hydrogens is 374 g/mol. The topological polar surface area (TPSA) is 94.3 Å². The number of carbonyl (C=O) groups is 2. The largest absolute Gasteiger partial charge is 0.449 e. The third kappa shape index (κ3) is 3.68. The number of hydrogen-bond donors (Lipinski definition) is 1. The molecule has 1 amide bonds. The standard InChI is InChI=1S/C17H17N3O4S2/c1-8-10(3)26-16(18-11(4)21)13(8)17(22)23-9(2)14-19-20-15(24-14)12-6-5-7-25-12/h5-7,9H,1-4H3,(H,18,21)/t9-/m0/s1. The number of rotatable bonds is 5. The number of amides is 1. The second kappa shape index (κ2) is 7.38. The van der Waals surface area contributed by atoms with Crippen LogP contribution in [-0.2, 0) is 9.53 Å². The molecule has 7 nitrogen and oxygen atoms in total. The first-order chi connectivity index (χ1) is 12.4. The molecule has 9 heteroatoms. The van der Waals surface area contributed by atoms with Crippen LogP contribution in [0.5, 0.6) is 0 Å². The summed E-state index contributed by atoms with van der Waals surface area (Å²) in [5, 5.41) is 13.0. The number of carbonyl (C=O) groups excluding carboxylic acids is 2. The van der Waals surface area contributed by atoms with E-state index in [1.165, 1.54) is 29.6 Å². The zero-order valence-corrected chi connectivity index (χ0v) is 16.3. The fourth-order valence-corrected chi connectivity index (χ4v) is 4.03. The Morgan fingerprint density at radius 1 is 1.31 bits per heavy atom. The Bertz CT molecular complexity index is 944. The van der Waals surface area contributed by atoms with Crippen molar-refractivity contribution in [3.05, 3.63) is 39.4 Å². The van der Waals surface area contributed by atoms with Crippen molar-refractivity contribution in [3.8, 4) is 10.8 Å². The van der Waals surface area contributed by atoms with Crippen LogP contribution in [0.25, 0.3) is 10.8 Å². The molecule has 3 aromatic rings. The second-order valence-electron chi connectivity index (χ2n) is 5.64. The predicted octanol–water partition coefficient (Wildman–Crippen LogP) is 4.35. The normalized spacial score (nSPS) is 12.0. The van der Waals surface area contributed by atoms with Gasteiger partial charge in [-0.15, -0.1) is 32.9 Å². The Hall–Kier alpha value is -2.52. The van der Waals surface area contributed by atoms with Crippen molar-refractivity contribution in [2.24, 2.45) is 0 Å². The number of nitrogens with one attached hydrogen (secondary N) is 1. The summed E-state index contributed by atoms with van der Waals surface area (Å²) in [5.74, 6) is -0.184. The lowest BCUT2D eigenvalue weighted by Gasteiger charge is -2.11. The van der Waals surface area contributed by atoms with Gasteiger partial charge in [-0.1, -0.05) is 6.07 Å². The smallest absolute Gasteiger partial charge is 0.342 e. The van der Waals surface area contributed by atoms with E-state index < -0.39 is 12.1 Å². The van der Waals surface area contributed by atoms with E-state index in [4.69, 9.17) is 9.15 Å². The highest BCUT2D eigenvalue weighted by atomic mass is 32.1. The molecule has 0 fully saturated rings. The van der Waals surface area contributed by atoms with Crippen LogP contribution in [0.3, 0.4) is 0 Å². The molecule has 26 heavy (non-hydrogen) atoms. The molecule has 0 aliphatic heterocycles. The number of aryl methyl sites for hydroxylation is 1. The molecule has 136 valence electrons. The second-order valence-corrected chi connectivity index (χ2v) is 7.81. The van der Waals surface area contributed by atoms with Crippen molar-refractivity contribution in [2.75, 3.05) is 5.32 Å². The molecule has 1 atom stereocenters. The maximum atomic E-state index is 12.6. The molecule has 0 radical (unpaired) electrons. The van der Waals surface area contributed by atoms with Crippen molar-refractivity contribution in [3.63, 3.8) is 0 Å². The maximum Gasteiger partial charge on any atom is 0.342 e. The van der Waals surface area contributed by atoms with Crippen LogP contribution < -0.4 is 5.32 Å². The van der Waals surface area contributed by atoms with Crippen molar-refractivity contribution < 1.29 is 18.7 Å². The van der Waals surface area contributed by atoms with E-state index in [1.807, 2.05) is 31.4 Å². The van der Waals surface area contributed by atoms with Crippen molar-refractivity contribution in [1.82, 2.24) is 10.2 Å². The molecule has 3 heterocycles. The van der Waals surface area contributed by atoms with Gasteiger partial charge in [0.1, 0.15) is 5.00 Å². The van der Waals surface area contributed by atoms with Gasteiger partial charge in [-0.25, -0.2) is 4.79 Å². The van der Waals surface area contributed by atoms with E-state index in [1.54, 1.807) is 6.92 Å². The van der Waals surface area contributed by atoms with Crippen LogP contribution in [0.15, 0.2) is 21.9 Å². The average Bonchev–Trinajstić information content (AvgIpc) is 3.28. The van der Waals surface area contributed by atoms with Gasteiger partial charge in [-0.05, 0) is 37.8 Å². The molecule has 0 aromatic carbocycles. The van der Waals surface area contributed by atoms with Crippen molar-refractivity contribution in [1.29, 1.82) is 0 Å². The predicted molar refractivity (Wildman–Crippen MR) is 99.5 cm³/mol. The zero-order chi connectivity index (χ0) is 18.8. The van der Waals surface area contributed by atoms with Gasteiger partial charge < -0.3 is 14.5 Å². The van der Waals surface area contributed by atoms with Crippen LogP contribution in [0, 0.1) is 13.8 Å². The Morgan fingerprint density at radius 2 is 2.08 bits per heavy atom. The monoisotopic (exact) mass is 391 g/mol. The van der Waals surface area contributed by atoms with Crippen LogP contribution in [-0.4, -0.2) is 22.1 Å². The van der Waals surface area contributed by atoms with Gasteiger partial charge in [-0.2, -0.15) is 0 Å². The molecule has 0 saturated carbocycles. The lowest BCUT2D eigenvalue weighted by molar-refractivity contribution is -0.114. The third-order valence-corrected chi connectivity index (χ3v) is 5.66. The Kier molecular flexibility index (Phi) is 5.19. The minimum Gasteiger partial charge on any atom is -0.449 e. The van der Waals surface area contributed by atoms with Crippen LogP contribution in [0.1, 0.15) is 46.6 Å². The number of esters is 1. The summed E-state index contributed by atoms with van der Waals surface area (Å²) in [4.78, 5) is 25.8. The molecule has 0 bridgehead atoms. The highest BCUT2D eigenvalue weighted by molar-refractivity contribution is 7.16. The summed E-state index contributed by atoms with van der Waals surface area (Å²) >= 11 is 2.82. The fraction of sp³-hybridized carbons (Fsp3) is 0.294. The van der Waals surface area contributed by atoms with Gasteiger partial charge in [0.25, 0.3) is 11.8 Å². The molecule has 3 aromatic heterocycles. The van der Waals surface area contributed by atoms with Crippen LogP contribution in [0.4, 0.5) is 5.00 Å². The van der Waals surface area contributed by atoms with E-state index in [0.29, 0.717) is 16.5 Å². The molecule has 1 N–H and O–H groups in total. The Balaban J connectivity index is 1.79. The highest BCUT2D eigenvalue weighted by Gasteiger charge is 2.26. The first-order valence-corrected chi connectivity index (χ1v) is 9.52. The highest BCUT2D eigenvalue weighted by Crippen LogP contribution is 2.34. The van der Waals surface area contributed by atoms with Gasteiger partial charge in [0.2, 0.25) is 5.91 Å². The molecule has 0 spiro atoms. The first kappa shape index (κ1) is 18.3. The van der Waals surface area contributed by atoms with Crippen LogP contribution >= 0.6 is 22.7 Å². The van der Waals surface area contributed by atoms with Gasteiger partial charge in [0, 0.05) is 11.8 Å². The molecule has 0 aliphatic carbocycles. The Labute approximate surface area is 158 Å². The summed E-state index contributed by atoms with van der Waals surface area (Å²) in [6, 6.07) is 3.76. The summed E-state index contributed by atoms with van der Waals surface area (Å²) < 4.78 is 11.1. The molecular formula is C17H17N3O4S2. The number of nitrogens with zero attached hydrogens (tertiary/aromatic N) is 2. The van der Waals surface area contributed by atoms with Gasteiger partial charge in [0.05, 0.1) is 10.4 Å². The Morgan fingerprint density at radius 3 is 2.73 bits per heavy atom.